The summed E-state index contributed by atoms with van der Waals surface area (Å²) >= 11 is 0. The number of carbonyl (C=O) groups excluding carboxylic acids is 1. The molecule has 1 aromatic heterocycles. The van der Waals surface area contributed by atoms with E-state index in [9.17, 15) is 18.0 Å². The van der Waals surface area contributed by atoms with E-state index in [4.69, 9.17) is 0 Å². The Kier molecular flexibility index (Phi) is 6.16. The number of aromatic nitrogens is 2. The zero-order valence-electron chi connectivity index (χ0n) is 18.2. The van der Waals surface area contributed by atoms with Crippen molar-refractivity contribution in [1.29, 1.82) is 0 Å². The molecule has 2 aliphatic rings. The van der Waals surface area contributed by atoms with Crippen molar-refractivity contribution < 1.29 is 13.2 Å². The van der Waals surface area contributed by atoms with Crippen molar-refractivity contribution in [3.8, 4) is 0 Å². The van der Waals surface area contributed by atoms with Crippen molar-refractivity contribution in [2.75, 3.05) is 19.6 Å². The van der Waals surface area contributed by atoms with Gasteiger partial charge in [-0.05, 0) is 56.7 Å². The lowest BCUT2D eigenvalue weighted by Gasteiger charge is -2.32. The minimum absolute atomic E-state index is 0.0360. The fourth-order valence-corrected chi connectivity index (χ4v) is 6.44. The van der Waals surface area contributed by atoms with Crippen LogP contribution in [0.1, 0.15) is 46.0 Å². The minimum atomic E-state index is -3.63. The first-order valence-electron chi connectivity index (χ1n) is 11.1. The Morgan fingerprint density at radius 2 is 1.94 bits per heavy atom. The van der Waals surface area contributed by atoms with Gasteiger partial charge >= 0.3 is 5.69 Å². The number of piperidine rings is 2. The van der Waals surface area contributed by atoms with Crippen molar-refractivity contribution in [2.45, 2.75) is 63.4 Å². The number of amides is 1. The Bertz CT molecular complexity index is 1140. The topological polar surface area (TPSA) is 92.6 Å². The van der Waals surface area contributed by atoms with Crippen molar-refractivity contribution >= 4 is 26.8 Å². The molecule has 9 heteroatoms. The van der Waals surface area contributed by atoms with Crippen molar-refractivity contribution in [3.63, 3.8) is 0 Å². The van der Waals surface area contributed by atoms with E-state index in [0.717, 1.165) is 32.1 Å². The highest BCUT2D eigenvalue weighted by molar-refractivity contribution is 7.89. The van der Waals surface area contributed by atoms with Crippen LogP contribution in [0.5, 0.6) is 0 Å². The molecule has 0 radical (unpaired) electrons. The first-order chi connectivity index (χ1) is 14.8. The molecular weight excluding hydrogens is 416 g/mol. The van der Waals surface area contributed by atoms with Crippen molar-refractivity contribution in [2.24, 2.45) is 5.92 Å². The molecule has 3 heterocycles. The third-order valence-corrected chi connectivity index (χ3v) is 8.50. The number of nitrogens with zero attached hydrogens (tertiary/aromatic N) is 4. The highest BCUT2D eigenvalue weighted by Gasteiger charge is 2.31. The van der Waals surface area contributed by atoms with Crippen LogP contribution in [-0.4, -0.2) is 58.8 Å². The highest BCUT2D eigenvalue weighted by atomic mass is 32.2. The fraction of sp³-hybridized carbons (Fsp3) is 0.591. The molecule has 0 N–H and O–H groups in total. The summed E-state index contributed by atoms with van der Waals surface area (Å²) in [6.45, 7) is 5.88. The van der Waals surface area contributed by atoms with E-state index in [1.807, 2.05) is 6.92 Å². The SMILES string of the molecule is C[C@H]1CCCN(C(=O)Cn2c(=O)ncc3cc(S(=O)(=O)N4CCCC[C@@H]4C)ccc32)C1. The second kappa shape index (κ2) is 8.70. The van der Waals surface area contributed by atoms with Gasteiger partial charge in [-0.2, -0.15) is 4.31 Å². The maximum Gasteiger partial charge on any atom is 0.348 e. The first kappa shape index (κ1) is 22.0. The Morgan fingerprint density at radius 3 is 2.68 bits per heavy atom. The van der Waals surface area contributed by atoms with Gasteiger partial charge in [-0.15, -0.1) is 0 Å². The van der Waals surface area contributed by atoms with E-state index in [0.29, 0.717) is 36.5 Å². The molecule has 168 valence electrons. The Hall–Kier alpha value is -2.26. The second-order valence-electron chi connectivity index (χ2n) is 8.90. The first-order valence-corrected chi connectivity index (χ1v) is 12.5. The number of sulfonamides is 1. The van der Waals surface area contributed by atoms with Gasteiger partial charge in [-0.1, -0.05) is 13.3 Å². The van der Waals surface area contributed by atoms with Gasteiger partial charge in [0.15, 0.2) is 0 Å². The van der Waals surface area contributed by atoms with Crippen LogP contribution in [0.25, 0.3) is 10.9 Å². The normalized spacial score (nSPS) is 23.2. The molecule has 2 fully saturated rings. The number of carbonyl (C=O) groups is 1. The molecule has 8 nitrogen and oxygen atoms in total. The average molecular weight is 447 g/mol. The van der Waals surface area contributed by atoms with Gasteiger partial charge in [0.05, 0.1) is 10.4 Å². The number of likely N-dealkylation sites (tertiary alicyclic amines) is 1. The van der Waals surface area contributed by atoms with Crippen LogP contribution in [0.2, 0.25) is 0 Å². The van der Waals surface area contributed by atoms with Crippen LogP contribution in [0.15, 0.2) is 34.1 Å². The summed E-state index contributed by atoms with van der Waals surface area (Å²) in [5, 5.41) is 0.533. The summed E-state index contributed by atoms with van der Waals surface area (Å²) in [5.74, 6) is 0.340. The van der Waals surface area contributed by atoms with Gasteiger partial charge in [0.25, 0.3) is 0 Å². The standard InChI is InChI=1S/C22H30N4O4S/c1-16-6-5-10-24(14-16)21(27)15-25-20-9-8-19(12-18(20)13-23-22(25)28)31(29,30)26-11-4-3-7-17(26)2/h8-9,12-13,16-17H,3-7,10-11,14-15H2,1-2H3/t16-,17-/m0/s1. The van der Waals surface area contributed by atoms with Gasteiger partial charge in [-0.3, -0.25) is 9.36 Å². The van der Waals surface area contributed by atoms with E-state index in [2.05, 4.69) is 11.9 Å². The number of rotatable bonds is 4. The number of fused-ring (bicyclic) bond motifs is 1. The maximum absolute atomic E-state index is 13.2. The number of hydrogen-bond donors (Lipinski definition) is 0. The summed E-state index contributed by atoms with van der Waals surface area (Å²) < 4.78 is 29.3. The summed E-state index contributed by atoms with van der Waals surface area (Å²) in [7, 11) is -3.63. The third kappa shape index (κ3) is 4.39. The van der Waals surface area contributed by atoms with Gasteiger partial charge in [-0.25, -0.2) is 18.2 Å². The zero-order chi connectivity index (χ0) is 22.2. The summed E-state index contributed by atoms with van der Waals surface area (Å²) in [5.41, 5.74) is 0.00946. The van der Waals surface area contributed by atoms with E-state index in [-0.39, 0.29) is 23.4 Å². The molecule has 31 heavy (non-hydrogen) atoms. The lowest BCUT2D eigenvalue weighted by molar-refractivity contribution is -0.133. The molecule has 2 atom stereocenters. The van der Waals surface area contributed by atoms with E-state index in [1.165, 1.54) is 16.8 Å². The Balaban J connectivity index is 1.65. The fourth-order valence-electron chi connectivity index (χ4n) is 4.71. The molecule has 2 saturated heterocycles. The molecular formula is C22H30N4O4S. The molecule has 4 rings (SSSR count). The molecule has 1 amide bonds. The van der Waals surface area contributed by atoms with Gasteiger partial charge in [0.2, 0.25) is 15.9 Å². The van der Waals surface area contributed by atoms with Crippen molar-refractivity contribution in [1.82, 2.24) is 18.8 Å². The predicted octanol–water partition coefficient (Wildman–Crippen LogP) is 2.22. The van der Waals surface area contributed by atoms with Gasteiger partial charge in [0.1, 0.15) is 6.54 Å². The number of hydrogen-bond acceptors (Lipinski definition) is 5. The molecule has 0 aliphatic carbocycles. The average Bonchev–Trinajstić information content (AvgIpc) is 2.75. The lowest BCUT2D eigenvalue weighted by Crippen LogP contribution is -2.42. The highest BCUT2D eigenvalue weighted by Crippen LogP contribution is 2.27. The van der Waals surface area contributed by atoms with Crippen LogP contribution >= 0.6 is 0 Å². The van der Waals surface area contributed by atoms with Gasteiger partial charge in [0, 0.05) is 37.3 Å². The molecule has 2 aliphatic heterocycles. The molecule has 0 unspecified atom stereocenters. The lowest BCUT2D eigenvalue weighted by atomic mass is 10.0. The largest absolute Gasteiger partial charge is 0.348 e. The van der Waals surface area contributed by atoms with Crippen LogP contribution < -0.4 is 5.69 Å². The van der Waals surface area contributed by atoms with E-state index < -0.39 is 15.7 Å². The van der Waals surface area contributed by atoms with Gasteiger partial charge < -0.3 is 4.90 Å². The van der Waals surface area contributed by atoms with E-state index >= 15 is 0 Å². The van der Waals surface area contributed by atoms with Crippen molar-refractivity contribution in [3.05, 3.63) is 34.9 Å². The zero-order valence-corrected chi connectivity index (χ0v) is 19.0. The van der Waals surface area contributed by atoms with Crippen LogP contribution in [0.3, 0.4) is 0 Å². The monoisotopic (exact) mass is 446 g/mol. The molecule has 1 aromatic carbocycles. The van der Waals surface area contributed by atoms with Crippen LogP contribution in [-0.2, 0) is 21.4 Å². The molecule has 0 bridgehead atoms. The summed E-state index contributed by atoms with van der Waals surface area (Å²) in [6.07, 6.45) is 6.20. The molecule has 0 spiro atoms. The van der Waals surface area contributed by atoms with E-state index in [1.54, 1.807) is 21.3 Å². The molecule has 2 aromatic rings. The second-order valence-corrected chi connectivity index (χ2v) is 10.8. The summed E-state index contributed by atoms with van der Waals surface area (Å²) in [6, 6.07) is 4.67. The maximum atomic E-state index is 13.2. The third-order valence-electron chi connectivity index (χ3n) is 6.49. The Morgan fingerprint density at radius 1 is 1.13 bits per heavy atom. The predicted molar refractivity (Wildman–Crippen MR) is 118 cm³/mol. The van der Waals surface area contributed by atoms with Crippen LogP contribution in [0, 0.1) is 5.92 Å². The number of benzene rings is 1. The summed E-state index contributed by atoms with van der Waals surface area (Å²) in [4.78, 5) is 31.1. The van der Waals surface area contributed by atoms with Crippen LogP contribution in [0.4, 0.5) is 0 Å². The Labute approximate surface area is 182 Å². The smallest absolute Gasteiger partial charge is 0.341 e. The molecule has 0 saturated carbocycles. The quantitative estimate of drug-likeness (QED) is 0.718. The minimum Gasteiger partial charge on any atom is -0.341 e.